The number of hydrogen-bond acceptors (Lipinski definition) is 3. The Bertz CT molecular complexity index is 486. The average molecular weight is 332 g/mol. The van der Waals surface area contributed by atoms with Crippen molar-refractivity contribution in [2.24, 2.45) is 5.73 Å². The fourth-order valence-corrected chi connectivity index (χ4v) is 2.43. The maximum atomic E-state index is 12.2. The summed E-state index contributed by atoms with van der Waals surface area (Å²) >= 11 is 11.9. The Morgan fingerprint density at radius 1 is 1.38 bits per heavy atom. The molecule has 0 saturated carbocycles. The summed E-state index contributed by atoms with van der Waals surface area (Å²) in [5.41, 5.74) is 6.21. The number of amides is 1. The van der Waals surface area contributed by atoms with Crippen LogP contribution in [0.25, 0.3) is 0 Å². The van der Waals surface area contributed by atoms with Crippen molar-refractivity contribution in [3.8, 4) is 0 Å². The molecule has 0 aliphatic rings. The van der Waals surface area contributed by atoms with E-state index in [0.717, 1.165) is 13.0 Å². The van der Waals surface area contributed by atoms with Gasteiger partial charge in [0, 0.05) is 17.1 Å². The molecule has 0 aliphatic carbocycles. The summed E-state index contributed by atoms with van der Waals surface area (Å²) in [6.45, 7) is 7.71. The number of hydrogen-bond donors (Lipinski definition) is 2. The van der Waals surface area contributed by atoms with Crippen molar-refractivity contribution in [3.05, 3.63) is 28.2 Å². The minimum atomic E-state index is -0.344. The van der Waals surface area contributed by atoms with Crippen molar-refractivity contribution < 1.29 is 4.79 Å². The number of nitrogens with two attached hydrogens (primary N) is 1. The average Bonchev–Trinajstić information content (AvgIpc) is 2.32. The van der Waals surface area contributed by atoms with Crippen LogP contribution < -0.4 is 11.1 Å². The highest BCUT2D eigenvalue weighted by molar-refractivity contribution is 6.35. The molecule has 4 nitrogen and oxygen atoms in total. The van der Waals surface area contributed by atoms with Gasteiger partial charge in [-0.3, -0.25) is 9.69 Å². The van der Waals surface area contributed by atoms with Crippen LogP contribution in [0, 0.1) is 0 Å². The lowest BCUT2D eigenvalue weighted by Crippen LogP contribution is -2.47. The number of carbonyl (C=O) groups is 1. The van der Waals surface area contributed by atoms with Crippen molar-refractivity contribution in [1.82, 2.24) is 4.90 Å². The zero-order valence-electron chi connectivity index (χ0n) is 12.7. The van der Waals surface area contributed by atoms with E-state index in [1.165, 1.54) is 0 Å². The van der Waals surface area contributed by atoms with Gasteiger partial charge in [0.05, 0.1) is 17.3 Å². The molecule has 118 valence electrons. The van der Waals surface area contributed by atoms with Crippen LogP contribution in [0.2, 0.25) is 10.0 Å². The van der Waals surface area contributed by atoms with Gasteiger partial charge in [-0.2, -0.15) is 0 Å². The quantitative estimate of drug-likeness (QED) is 0.805. The van der Waals surface area contributed by atoms with Crippen LogP contribution in [-0.2, 0) is 4.79 Å². The Morgan fingerprint density at radius 3 is 2.62 bits per heavy atom. The molecule has 0 atom stereocenters. The number of carbonyl (C=O) groups excluding carboxylic acids is 1. The molecular weight excluding hydrogens is 309 g/mol. The molecule has 6 heteroatoms. The third-order valence-corrected chi connectivity index (χ3v) is 3.31. The fourth-order valence-electron chi connectivity index (χ4n) is 2.09. The molecule has 3 N–H and O–H groups in total. The van der Waals surface area contributed by atoms with Crippen molar-refractivity contribution in [3.63, 3.8) is 0 Å². The number of nitrogens with zero attached hydrogens (tertiary/aromatic N) is 1. The highest BCUT2D eigenvalue weighted by atomic mass is 35.5. The summed E-state index contributed by atoms with van der Waals surface area (Å²) in [6, 6.07) is 4.98. The van der Waals surface area contributed by atoms with E-state index in [9.17, 15) is 4.79 Å². The van der Waals surface area contributed by atoms with Gasteiger partial charge in [-0.05, 0) is 45.0 Å². The maximum absolute atomic E-state index is 12.2. The molecule has 0 aliphatic heterocycles. The highest BCUT2D eigenvalue weighted by Crippen LogP contribution is 2.25. The van der Waals surface area contributed by atoms with Crippen LogP contribution in [0.15, 0.2) is 18.2 Å². The standard InChI is InChI=1S/C15H23Cl2N3O/c1-4-7-20(10-15(2,3)18)9-14(21)19-13-8-11(16)5-6-12(13)17/h5-6,8H,4,7,9-10,18H2,1-3H3,(H,19,21). The van der Waals surface area contributed by atoms with Crippen LogP contribution in [0.5, 0.6) is 0 Å². The van der Waals surface area contributed by atoms with Gasteiger partial charge in [0.1, 0.15) is 0 Å². The van der Waals surface area contributed by atoms with Crippen LogP contribution in [-0.4, -0.2) is 36.0 Å². The molecule has 0 bridgehead atoms. The molecule has 1 amide bonds. The number of rotatable bonds is 7. The lowest BCUT2D eigenvalue weighted by atomic mass is 10.1. The molecular formula is C15H23Cl2N3O. The van der Waals surface area contributed by atoms with Gasteiger partial charge < -0.3 is 11.1 Å². The van der Waals surface area contributed by atoms with Crippen LogP contribution in [0.3, 0.4) is 0 Å². The predicted octanol–water partition coefficient (Wildman–Crippen LogP) is 3.38. The van der Waals surface area contributed by atoms with Crippen molar-refractivity contribution in [2.45, 2.75) is 32.7 Å². The lowest BCUT2D eigenvalue weighted by Gasteiger charge is -2.29. The van der Waals surface area contributed by atoms with Gasteiger partial charge in [0.25, 0.3) is 0 Å². The molecule has 0 radical (unpaired) electrons. The molecule has 0 spiro atoms. The second-order valence-electron chi connectivity index (χ2n) is 5.87. The normalized spacial score (nSPS) is 11.8. The Balaban J connectivity index is 2.67. The molecule has 1 rings (SSSR count). The summed E-state index contributed by atoms with van der Waals surface area (Å²) in [5.74, 6) is -0.128. The molecule has 0 unspecified atom stereocenters. The molecule has 0 saturated heterocycles. The van der Waals surface area contributed by atoms with Gasteiger partial charge >= 0.3 is 0 Å². The first-order chi connectivity index (χ1) is 9.71. The summed E-state index contributed by atoms with van der Waals surface area (Å²) in [7, 11) is 0. The summed E-state index contributed by atoms with van der Waals surface area (Å²) in [4.78, 5) is 14.2. The largest absolute Gasteiger partial charge is 0.324 e. The van der Waals surface area contributed by atoms with Gasteiger partial charge in [-0.1, -0.05) is 30.1 Å². The smallest absolute Gasteiger partial charge is 0.238 e. The first-order valence-electron chi connectivity index (χ1n) is 6.97. The number of benzene rings is 1. The van der Waals surface area contributed by atoms with Crippen LogP contribution in [0.1, 0.15) is 27.2 Å². The van der Waals surface area contributed by atoms with Gasteiger partial charge in [-0.25, -0.2) is 0 Å². The summed E-state index contributed by atoms with van der Waals surface area (Å²) < 4.78 is 0. The molecule has 0 aromatic heterocycles. The van der Waals surface area contributed by atoms with E-state index in [4.69, 9.17) is 28.9 Å². The van der Waals surface area contributed by atoms with E-state index in [0.29, 0.717) is 22.3 Å². The minimum Gasteiger partial charge on any atom is -0.324 e. The second-order valence-corrected chi connectivity index (χ2v) is 6.72. The third-order valence-electron chi connectivity index (χ3n) is 2.74. The molecule has 1 aromatic rings. The Labute approximate surface area is 136 Å². The van der Waals surface area contributed by atoms with Gasteiger partial charge in [0.2, 0.25) is 5.91 Å². The van der Waals surface area contributed by atoms with Crippen molar-refractivity contribution in [1.29, 1.82) is 0 Å². The Morgan fingerprint density at radius 2 is 2.05 bits per heavy atom. The van der Waals surface area contributed by atoms with E-state index in [-0.39, 0.29) is 18.0 Å². The molecule has 0 heterocycles. The number of halogens is 2. The van der Waals surface area contributed by atoms with E-state index in [2.05, 4.69) is 12.2 Å². The molecule has 1 aromatic carbocycles. The first-order valence-corrected chi connectivity index (χ1v) is 7.73. The summed E-state index contributed by atoms with van der Waals surface area (Å²) in [6.07, 6.45) is 0.960. The summed E-state index contributed by atoms with van der Waals surface area (Å²) in [5, 5.41) is 3.79. The van der Waals surface area contributed by atoms with Gasteiger partial charge in [-0.15, -0.1) is 0 Å². The molecule has 0 fully saturated rings. The SMILES string of the molecule is CCCN(CC(=O)Nc1cc(Cl)ccc1Cl)CC(C)(C)N. The number of nitrogens with one attached hydrogen (secondary N) is 1. The lowest BCUT2D eigenvalue weighted by molar-refractivity contribution is -0.117. The van der Waals surface area contributed by atoms with Gasteiger partial charge in [0.15, 0.2) is 0 Å². The van der Waals surface area contributed by atoms with Crippen molar-refractivity contribution in [2.75, 3.05) is 25.0 Å². The fraction of sp³-hybridized carbons (Fsp3) is 0.533. The monoisotopic (exact) mass is 331 g/mol. The van der Waals surface area contributed by atoms with E-state index in [1.807, 2.05) is 18.7 Å². The predicted molar refractivity (Wildman–Crippen MR) is 90.1 cm³/mol. The van der Waals surface area contributed by atoms with E-state index >= 15 is 0 Å². The first kappa shape index (κ1) is 18.2. The van der Waals surface area contributed by atoms with Crippen LogP contribution >= 0.6 is 23.2 Å². The number of anilines is 1. The maximum Gasteiger partial charge on any atom is 0.238 e. The second kappa shape index (κ2) is 7.99. The van der Waals surface area contributed by atoms with E-state index < -0.39 is 0 Å². The van der Waals surface area contributed by atoms with Crippen LogP contribution in [0.4, 0.5) is 5.69 Å². The Hall–Kier alpha value is -0.810. The van der Waals surface area contributed by atoms with Crippen molar-refractivity contribution >= 4 is 34.8 Å². The zero-order chi connectivity index (χ0) is 16.0. The third kappa shape index (κ3) is 7.14. The Kier molecular flexibility index (Phi) is 6.94. The molecule has 21 heavy (non-hydrogen) atoms. The highest BCUT2D eigenvalue weighted by Gasteiger charge is 2.19. The topological polar surface area (TPSA) is 58.4 Å². The van der Waals surface area contributed by atoms with E-state index in [1.54, 1.807) is 18.2 Å². The minimum absolute atomic E-state index is 0.128. The zero-order valence-corrected chi connectivity index (χ0v) is 14.3.